The Labute approximate surface area is 178 Å². The molecule has 0 aromatic heterocycles. The van der Waals surface area contributed by atoms with Crippen LogP contribution in [0.15, 0.2) is 24.3 Å². The van der Waals surface area contributed by atoms with Crippen LogP contribution in [0.3, 0.4) is 0 Å². The van der Waals surface area contributed by atoms with Crippen molar-refractivity contribution < 1.29 is 29.3 Å². The van der Waals surface area contributed by atoms with Gasteiger partial charge in [0, 0.05) is 25.6 Å². The summed E-state index contributed by atoms with van der Waals surface area (Å²) >= 11 is 0. The molecule has 0 spiro atoms. The van der Waals surface area contributed by atoms with Crippen molar-refractivity contribution in [2.75, 3.05) is 26.8 Å². The molecule has 0 radical (unpaired) electrons. The molecule has 2 rings (SSSR count). The first-order valence-corrected chi connectivity index (χ1v) is 10.2. The minimum Gasteiger partial charge on any atom is -0.473 e. The van der Waals surface area contributed by atoms with Gasteiger partial charge in [-0.05, 0) is 49.9 Å². The fourth-order valence-electron chi connectivity index (χ4n) is 3.27. The number of amides is 1. The van der Waals surface area contributed by atoms with Crippen molar-refractivity contribution in [2.24, 2.45) is 5.92 Å². The lowest BCUT2D eigenvalue weighted by Crippen LogP contribution is -2.44. The monoisotopic (exact) mass is 422 g/mol. The highest BCUT2D eigenvalue weighted by atomic mass is 16.5. The van der Waals surface area contributed by atoms with E-state index in [4.69, 9.17) is 24.5 Å². The summed E-state index contributed by atoms with van der Waals surface area (Å²) < 4.78 is 5.08. The van der Waals surface area contributed by atoms with Gasteiger partial charge in [-0.15, -0.1) is 0 Å². The minimum atomic E-state index is -1.82. The van der Waals surface area contributed by atoms with E-state index in [9.17, 15) is 4.79 Å². The van der Waals surface area contributed by atoms with E-state index in [0.29, 0.717) is 12.5 Å². The van der Waals surface area contributed by atoms with Crippen LogP contribution in [0, 0.1) is 5.92 Å². The molecule has 1 amide bonds. The number of piperidine rings is 1. The van der Waals surface area contributed by atoms with Gasteiger partial charge in [-0.1, -0.05) is 38.1 Å². The summed E-state index contributed by atoms with van der Waals surface area (Å²) in [5.41, 5.74) is 2.75. The van der Waals surface area contributed by atoms with Crippen molar-refractivity contribution in [1.29, 1.82) is 0 Å². The molecule has 1 atom stereocenters. The standard InChI is InChI=1S/C20H32N2O2.C2H2O4/c1-15(2)18-7-5-17(6-8-18)13-22-11-9-19(10-12-22)20(23)21-16(3)14-24-4;3-1(4)2(5)6/h5-8,15-16,19H,9-14H2,1-4H3,(H,21,23);(H,3,4)(H,5,6). The highest BCUT2D eigenvalue weighted by Gasteiger charge is 2.25. The Morgan fingerprint density at radius 3 is 2.03 bits per heavy atom. The average molecular weight is 423 g/mol. The van der Waals surface area contributed by atoms with E-state index in [0.717, 1.165) is 32.5 Å². The third-order valence-electron chi connectivity index (χ3n) is 5.00. The zero-order valence-corrected chi connectivity index (χ0v) is 18.3. The van der Waals surface area contributed by atoms with Crippen molar-refractivity contribution in [3.8, 4) is 0 Å². The molecule has 168 valence electrons. The van der Waals surface area contributed by atoms with Gasteiger partial charge < -0.3 is 20.3 Å². The summed E-state index contributed by atoms with van der Waals surface area (Å²) in [7, 11) is 1.66. The molecule has 0 bridgehead atoms. The quantitative estimate of drug-likeness (QED) is 0.578. The SMILES string of the molecule is COCC(C)NC(=O)C1CCN(Cc2ccc(C(C)C)cc2)CC1.O=C(O)C(=O)O. The number of nitrogens with one attached hydrogen (secondary N) is 1. The van der Waals surface area contributed by atoms with Crippen molar-refractivity contribution in [2.45, 2.75) is 52.1 Å². The molecule has 1 unspecified atom stereocenters. The number of methoxy groups -OCH3 is 1. The van der Waals surface area contributed by atoms with Crippen molar-refractivity contribution >= 4 is 17.8 Å². The second-order valence-corrected chi connectivity index (χ2v) is 7.92. The number of hydrogen-bond donors (Lipinski definition) is 3. The number of carboxylic acids is 2. The summed E-state index contributed by atoms with van der Waals surface area (Å²) in [6, 6.07) is 9.02. The Kier molecular flexibility index (Phi) is 11.1. The number of carbonyl (C=O) groups excluding carboxylic acids is 1. The Hall–Kier alpha value is -2.45. The lowest BCUT2D eigenvalue weighted by molar-refractivity contribution is -0.159. The molecule has 1 aliphatic rings. The number of rotatable bonds is 7. The highest BCUT2D eigenvalue weighted by molar-refractivity contribution is 6.27. The van der Waals surface area contributed by atoms with E-state index in [1.807, 2.05) is 6.92 Å². The summed E-state index contributed by atoms with van der Waals surface area (Å²) in [5, 5.41) is 17.8. The van der Waals surface area contributed by atoms with Gasteiger partial charge in [0.05, 0.1) is 6.61 Å². The molecule has 8 nitrogen and oxygen atoms in total. The highest BCUT2D eigenvalue weighted by Crippen LogP contribution is 2.20. The minimum absolute atomic E-state index is 0.0833. The zero-order valence-electron chi connectivity index (χ0n) is 18.3. The number of nitrogens with zero attached hydrogens (tertiary/aromatic N) is 1. The third kappa shape index (κ3) is 9.37. The summed E-state index contributed by atoms with van der Waals surface area (Å²) in [4.78, 5) is 32.9. The number of carbonyl (C=O) groups is 3. The van der Waals surface area contributed by atoms with Crippen LogP contribution in [0.2, 0.25) is 0 Å². The maximum atomic E-state index is 12.3. The molecule has 1 heterocycles. The Morgan fingerprint density at radius 1 is 1.07 bits per heavy atom. The fraction of sp³-hybridized carbons (Fsp3) is 0.591. The predicted molar refractivity (Wildman–Crippen MR) is 113 cm³/mol. The van der Waals surface area contributed by atoms with Crippen molar-refractivity contribution in [3.63, 3.8) is 0 Å². The van der Waals surface area contributed by atoms with Gasteiger partial charge in [-0.3, -0.25) is 9.69 Å². The first-order valence-electron chi connectivity index (χ1n) is 10.2. The Bertz CT molecular complexity index is 669. The smallest absolute Gasteiger partial charge is 0.414 e. The molecule has 1 aromatic carbocycles. The first-order chi connectivity index (χ1) is 14.1. The average Bonchev–Trinajstić information content (AvgIpc) is 2.69. The number of benzene rings is 1. The van der Waals surface area contributed by atoms with Gasteiger partial charge in [0.2, 0.25) is 5.91 Å². The van der Waals surface area contributed by atoms with Crippen LogP contribution in [0.5, 0.6) is 0 Å². The summed E-state index contributed by atoms with van der Waals surface area (Å²) in [6.45, 7) is 9.95. The molecule has 8 heteroatoms. The van der Waals surface area contributed by atoms with Crippen LogP contribution in [-0.4, -0.2) is 65.8 Å². The zero-order chi connectivity index (χ0) is 22.7. The number of aliphatic carboxylic acids is 2. The molecular formula is C22H34N2O6. The summed E-state index contributed by atoms with van der Waals surface area (Å²) in [5.74, 6) is -2.75. The Morgan fingerprint density at radius 2 is 1.60 bits per heavy atom. The van der Waals surface area contributed by atoms with Crippen LogP contribution >= 0.6 is 0 Å². The Balaban J connectivity index is 0.000000656. The van der Waals surface area contributed by atoms with Crippen LogP contribution in [0.4, 0.5) is 0 Å². The van der Waals surface area contributed by atoms with Crippen LogP contribution in [0.1, 0.15) is 50.7 Å². The molecule has 3 N–H and O–H groups in total. The number of carboxylic acid groups (broad SMARTS) is 2. The number of hydrogen-bond acceptors (Lipinski definition) is 5. The van der Waals surface area contributed by atoms with Crippen LogP contribution in [-0.2, 0) is 25.7 Å². The first kappa shape index (κ1) is 25.6. The molecule has 1 aliphatic heterocycles. The molecular weight excluding hydrogens is 388 g/mol. The molecule has 1 fully saturated rings. The van der Waals surface area contributed by atoms with Crippen molar-refractivity contribution in [3.05, 3.63) is 35.4 Å². The van der Waals surface area contributed by atoms with Gasteiger partial charge in [-0.25, -0.2) is 9.59 Å². The van der Waals surface area contributed by atoms with E-state index < -0.39 is 11.9 Å². The third-order valence-corrected chi connectivity index (χ3v) is 5.00. The largest absolute Gasteiger partial charge is 0.473 e. The molecule has 0 aliphatic carbocycles. The maximum absolute atomic E-state index is 12.3. The van der Waals surface area contributed by atoms with Crippen LogP contribution < -0.4 is 5.32 Å². The predicted octanol–water partition coefficient (Wildman–Crippen LogP) is 2.33. The van der Waals surface area contributed by atoms with E-state index in [1.165, 1.54) is 11.1 Å². The van der Waals surface area contributed by atoms with Gasteiger partial charge in [0.25, 0.3) is 0 Å². The van der Waals surface area contributed by atoms with Crippen molar-refractivity contribution in [1.82, 2.24) is 10.2 Å². The summed E-state index contributed by atoms with van der Waals surface area (Å²) in [6.07, 6.45) is 1.88. The topological polar surface area (TPSA) is 116 Å². The number of likely N-dealkylation sites (tertiary alicyclic amines) is 1. The molecule has 0 saturated carbocycles. The van der Waals surface area contributed by atoms with Gasteiger partial charge in [-0.2, -0.15) is 0 Å². The lowest BCUT2D eigenvalue weighted by Gasteiger charge is -2.32. The molecule has 1 saturated heterocycles. The van der Waals surface area contributed by atoms with E-state index >= 15 is 0 Å². The van der Waals surface area contributed by atoms with E-state index in [-0.39, 0.29) is 17.9 Å². The number of ether oxygens (including phenoxy) is 1. The van der Waals surface area contributed by atoms with E-state index in [2.05, 4.69) is 48.3 Å². The van der Waals surface area contributed by atoms with Gasteiger partial charge >= 0.3 is 11.9 Å². The lowest BCUT2D eigenvalue weighted by atomic mass is 9.95. The fourth-order valence-corrected chi connectivity index (χ4v) is 3.27. The maximum Gasteiger partial charge on any atom is 0.414 e. The second-order valence-electron chi connectivity index (χ2n) is 7.92. The van der Waals surface area contributed by atoms with Gasteiger partial charge in [0.1, 0.15) is 0 Å². The molecule has 1 aromatic rings. The molecule has 30 heavy (non-hydrogen) atoms. The van der Waals surface area contributed by atoms with Crippen LogP contribution in [0.25, 0.3) is 0 Å². The van der Waals surface area contributed by atoms with E-state index in [1.54, 1.807) is 7.11 Å². The van der Waals surface area contributed by atoms with Gasteiger partial charge in [0.15, 0.2) is 0 Å². The normalized spacial score (nSPS) is 15.8. The second kappa shape index (κ2) is 13.0.